The summed E-state index contributed by atoms with van der Waals surface area (Å²) >= 11 is 0. The van der Waals surface area contributed by atoms with Crippen molar-refractivity contribution < 1.29 is 0 Å². The van der Waals surface area contributed by atoms with Gasteiger partial charge in [0.05, 0.1) is 0 Å². The van der Waals surface area contributed by atoms with Crippen LogP contribution in [0.3, 0.4) is 0 Å². The van der Waals surface area contributed by atoms with Crippen LogP contribution >= 0.6 is 0 Å². The van der Waals surface area contributed by atoms with Crippen LogP contribution in [0.2, 0.25) is 0 Å². The molecule has 0 radical (unpaired) electrons. The maximum atomic E-state index is 3.80. The van der Waals surface area contributed by atoms with E-state index in [1.54, 1.807) is 0 Å². The Bertz CT molecular complexity index is 174. The zero-order chi connectivity index (χ0) is 11.3. The van der Waals surface area contributed by atoms with Crippen molar-refractivity contribution in [2.24, 2.45) is 5.41 Å². The smallest absolute Gasteiger partial charge is 0.00697 e. The lowest BCUT2D eigenvalue weighted by Crippen LogP contribution is -2.36. The standard InChI is InChI=1S/C14H29N/c1-5-7-12(2)15-13-8-6-10-14(3,4)11-9-13/h12-13,15H,5-11H2,1-4H3. The van der Waals surface area contributed by atoms with Gasteiger partial charge in [-0.05, 0) is 44.4 Å². The molecule has 1 heteroatoms. The van der Waals surface area contributed by atoms with Gasteiger partial charge in [-0.15, -0.1) is 0 Å². The molecular weight excluding hydrogens is 182 g/mol. The molecule has 1 aliphatic rings. The molecule has 1 rings (SSSR count). The van der Waals surface area contributed by atoms with Crippen LogP contribution in [0.25, 0.3) is 0 Å². The Labute approximate surface area is 96.0 Å². The Morgan fingerprint density at radius 2 is 2.00 bits per heavy atom. The van der Waals surface area contributed by atoms with Crippen LogP contribution in [-0.2, 0) is 0 Å². The average molecular weight is 211 g/mol. The molecule has 90 valence electrons. The van der Waals surface area contributed by atoms with Gasteiger partial charge in [-0.3, -0.25) is 0 Å². The van der Waals surface area contributed by atoms with E-state index in [0.29, 0.717) is 11.5 Å². The Kier molecular flexibility index (Phi) is 5.11. The third-order valence-electron chi connectivity index (χ3n) is 3.82. The lowest BCUT2D eigenvalue weighted by Gasteiger charge is -2.24. The van der Waals surface area contributed by atoms with E-state index in [0.717, 1.165) is 6.04 Å². The van der Waals surface area contributed by atoms with Gasteiger partial charge in [0.2, 0.25) is 0 Å². The van der Waals surface area contributed by atoms with E-state index in [-0.39, 0.29) is 0 Å². The predicted molar refractivity (Wildman–Crippen MR) is 68.2 cm³/mol. The highest BCUT2D eigenvalue weighted by molar-refractivity contribution is 4.80. The van der Waals surface area contributed by atoms with E-state index in [9.17, 15) is 0 Å². The van der Waals surface area contributed by atoms with E-state index in [1.165, 1.54) is 44.9 Å². The largest absolute Gasteiger partial charge is 0.312 e. The van der Waals surface area contributed by atoms with Crippen molar-refractivity contribution in [2.75, 3.05) is 0 Å². The van der Waals surface area contributed by atoms with Crippen LogP contribution in [0.5, 0.6) is 0 Å². The molecule has 1 saturated carbocycles. The number of nitrogens with one attached hydrogen (secondary N) is 1. The molecule has 2 atom stereocenters. The minimum Gasteiger partial charge on any atom is -0.312 e. The molecule has 0 amide bonds. The van der Waals surface area contributed by atoms with Crippen LogP contribution in [0.1, 0.15) is 72.6 Å². The van der Waals surface area contributed by atoms with Crippen molar-refractivity contribution in [1.82, 2.24) is 5.32 Å². The number of hydrogen-bond acceptors (Lipinski definition) is 1. The van der Waals surface area contributed by atoms with Crippen molar-refractivity contribution >= 4 is 0 Å². The topological polar surface area (TPSA) is 12.0 Å². The molecular formula is C14H29N. The van der Waals surface area contributed by atoms with E-state index in [4.69, 9.17) is 0 Å². The van der Waals surface area contributed by atoms with Crippen molar-refractivity contribution in [2.45, 2.75) is 84.7 Å². The fraction of sp³-hybridized carbons (Fsp3) is 1.00. The monoisotopic (exact) mass is 211 g/mol. The summed E-state index contributed by atoms with van der Waals surface area (Å²) in [5, 5.41) is 3.80. The average Bonchev–Trinajstić information content (AvgIpc) is 2.28. The molecule has 0 spiro atoms. The Balaban J connectivity index is 2.31. The second-order valence-corrected chi connectivity index (χ2v) is 6.15. The Hall–Kier alpha value is -0.0400. The molecule has 2 unspecified atom stereocenters. The first-order valence-electron chi connectivity index (χ1n) is 6.79. The summed E-state index contributed by atoms with van der Waals surface area (Å²) in [5.74, 6) is 0. The molecule has 1 nitrogen and oxygen atoms in total. The molecule has 0 aromatic rings. The van der Waals surface area contributed by atoms with Gasteiger partial charge in [-0.25, -0.2) is 0 Å². The van der Waals surface area contributed by atoms with Crippen molar-refractivity contribution in [3.8, 4) is 0 Å². The normalized spacial score (nSPS) is 28.4. The van der Waals surface area contributed by atoms with Crippen molar-refractivity contribution in [3.05, 3.63) is 0 Å². The fourth-order valence-corrected chi connectivity index (χ4v) is 2.75. The van der Waals surface area contributed by atoms with Crippen LogP contribution in [0, 0.1) is 5.41 Å². The SMILES string of the molecule is CCCC(C)NC1CCCC(C)(C)CC1. The minimum atomic E-state index is 0.588. The Morgan fingerprint density at radius 1 is 1.27 bits per heavy atom. The van der Waals surface area contributed by atoms with Crippen LogP contribution in [-0.4, -0.2) is 12.1 Å². The number of hydrogen-bond donors (Lipinski definition) is 1. The molecule has 0 aromatic heterocycles. The zero-order valence-electron chi connectivity index (χ0n) is 11.1. The molecule has 1 aliphatic carbocycles. The van der Waals surface area contributed by atoms with Gasteiger partial charge >= 0.3 is 0 Å². The first-order valence-corrected chi connectivity index (χ1v) is 6.79. The molecule has 15 heavy (non-hydrogen) atoms. The summed E-state index contributed by atoms with van der Waals surface area (Å²) in [6.07, 6.45) is 9.59. The van der Waals surface area contributed by atoms with Gasteiger partial charge in [-0.2, -0.15) is 0 Å². The molecule has 1 fully saturated rings. The lowest BCUT2D eigenvalue weighted by atomic mass is 9.85. The molecule has 1 N–H and O–H groups in total. The summed E-state index contributed by atoms with van der Waals surface area (Å²) < 4.78 is 0. The second kappa shape index (κ2) is 5.89. The van der Waals surface area contributed by atoms with Crippen molar-refractivity contribution in [3.63, 3.8) is 0 Å². The van der Waals surface area contributed by atoms with E-state index in [1.807, 2.05) is 0 Å². The molecule has 0 bridgehead atoms. The highest BCUT2D eigenvalue weighted by Crippen LogP contribution is 2.33. The van der Waals surface area contributed by atoms with Crippen LogP contribution in [0.4, 0.5) is 0 Å². The third kappa shape index (κ3) is 5.01. The highest BCUT2D eigenvalue weighted by Gasteiger charge is 2.24. The maximum Gasteiger partial charge on any atom is 0.00697 e. The van der Waals surface area contributed by atoms with Gasteiger partial charge in [0, 0.05) is 12.1 Å². The maximum absolute atomic E-state index is 3.80. The molecule has 0 aromatic carbocycles. The van der Waals surface area contributed by atoms with Gasteiger partial charge in [0.25, 0.3) is 0 Å². The first kappa shape index (κ1) is 13.0. The summed E-state index contributed by atoms with van der Waals surface area (Å²) in [7, 11) is 0. The van der Waals surface area contributed by atoms with Gasteiger partial charge in [0.1, 0.15) is 0 Å². The molecule has 0 heterocycles. The minimum absolute atomic E-state index is 0.588. The van der Waals surface area contributed by atoms with Gasteiger partial charge < -0.3 is 5.32 Å². The first-order chi connectivity index (χ1) is 7.03. The van der Waals surface area contributed by atoms with Crippen molar-refractivity contribution in [1.29, 1.82) is 0 Å². The lowest BCUT2D eigenvalue weighted by molar-refractivity contribution is 0.306. The summed E-state index contributed by atoms with van der Waals surface area (Å²) in [4.78, 5) is 0. The zero-order valence-corrected chi connectivity index (χ0v) is 11.1. The van der Waals surface area contributed by atoms with Crippen LogP contribution in [0.15, 0.2) is 0 Å². The van der Waals surface area contributed by atoms with Crippen LogP contribution < -0.4 is 5.32 Å². The third-order valence-corrected chi connectivity index (χ3v) is 3.82. The predicted octanol–water partition coefficient (Wildman–Crippen LogP) is 4.12. The highest BCUT2D eigenvalue weighted by atomic mass is 14.9. The van der Waals surface area contributed by atoms with Gasteiger partial charge in [-0.1, -0.05) is 33.6 Å². The van der Waals surface area contributed by atoms with E-state index in [2.05, 4.69) is 33.0 Å². The number of rotatable bonds is 4. The Morgan fingerprint density at radius 3 is 2.67 bits per heavy atom. The fourth-order valence-electron chi connectivity index (χ4n) is 2.75. The second-order valence-electron chi connectivity index (χ2n) is 6.15. The summed E-state index contributed by atoms with van der Waals surface area (Å²) in [6.45, 7) is 9.45. The van der Waals surface area contributed by atoms with E-state index < -0.39 is 0 Å². The summed E-state index contributed by atoms with van der Waals surface area (Å²) in [6, 6.07) is 1.49. The molecule has 0 aliphatic heterocycles. The van der Waals surface area contributed by atoms with Gasteiger partial charge in [0.15, 0.2) is 0 Å². The van der Waals surface area contributed by atoms with E-state index >= 15 is 0 Å². The quantitative estimate of drug-likeness (QED) is 0.690. The summed E-state index contributed by atoms with van der Waals surface area (Å²) in [5.41, 5.74) is 0.588. The molecule has 0 saturated heterocycles.